The number of aromatic carboxylic acids is 1. The number of anilines is 1. The lowest BCUT2D eigenvalue weighted by atomic mass is 10.2. The van der Waals surface area contributed by atoms with Crippen molar-refractivity contribution < 1.29 is 19.4 Å². The monoisotopic (exact) mass is 291 g/mol. The van der Waals surface area contributed by atoms with Crippen LogP contribution >= 0.6 is 11.5 Å². The van der Waals surface area contributed by atoms with Crippen LogP contribution in [0.5, 0.6) is 5.75 Å². The van der Waals surface area contributed by atoms with E-state index in [9.17, 15) is 9.59 Å². The number of benzene rings is 1. The van der Waals surface area contributed by atoms with Crippen LogP contribution in [-0.4, -0.2) is 39.7 Å². The summed E-state index contributed by atoms with van der Waals surface area (Å²) in [5.74, 6) is -1.08. The first-order valence-corrected chi connectivity index (χ1v) is 6.55. The molecule has 2 heterocycles. The summed E-state index contributed by atoms with van der Waals surface area (Å²) >= 11 is 0.780. The van der Waals surface area contributed by atoms with Gasteiger partial charge in [-0.2, -0.15) is 0 Å². The highest BCUT2D eigenvalue weighted by atomic mass is 32.1. The zero-order chi connectivity index (χ0) is 14.1. The number of ether oxygens (including phenoxy) is 1. The molecule has 0 fully saturated rings. The van der Waals surface area contributed by atoms with E-state index in [-0.39, 0.29) is 10.6 Å². The fraction of sp³-hybridized carbons (Fsp3) is 0.167. The quantitative estimate of drug-likeness (QED) is 0.895. The van der Waals surface area contributed by atoms with Crippen LogP contribution in [0.1, 0.15) is 20.2 Å². The molecule has 1 amide bonds. The molecule has 1 N–H and O–H groups in total. The Kier molecular flexibility index (Phi) is 3.07. The molecule has 7 nitrogen and oxygen atoms in total. The molecule has 1 aromatic heterocycles. The first kappa shape index (κ1) is 12.5. The van der Waals surface area contributed by atoms with Crippen molar-refractivity contribution in [2.75, 3.05) is 18.1 Å². The van der Waals surface area contributed by atoms with Crippen molar-refractivity contribution in [3.63, 3.8) is 0 Å². The summed E-state index contributed by atoms with van der Waals surface area (Å²) in [4.78, 5) is 25.0. The van der Waals surface area contributed by atoms with Gasteiger partial charge >= 0.3 is 5.97 Å². The Morgan fingerprint density at radius 1 is 1.35 bits per heavy atom. The van der Waals surface area contributed by atoms with E-state index < -0.39 is 11.9 Å². The van der Waals surface area contributed by atoms with Gasteiger partial charge in [-0.15, -0.1) is 5.10 Å². The minimum absolute atomic E-state index is 0.0224. The van der Waals surface area contributed by atoms with Gasteiger partial charge in [0.1, 0.15) is 17.2 Å². The van der Waals surface area contributed by atoms with Gasteiger partial charge in [0.15, 0.2) is 5.69 Å². The Balaban J connectivity index is 2.00. The van der Waals surface area contributed by atoms with E-state index in [4.69, 9.17) is 9.84 Å². The molecular weight excluding hydrogens is 282 g/mol. The van der Waals surface area contributed by atoms with E-state index in [1.165, 1.54) is 4.90 Å². The number of carboxylic acids is 1. The van der Waals surface area contributed by atoms with Gasteiger partial charge in [0.2, 0.25) is 0 Å². The first-order valence-electron chi connectivity index (χ1n) is 5.78. The SMILES string of the molecule is O=C(O)c1nnsc1C(=O)N1CCOc2ccccc21. The van der Waals surface area contributed by atoms with Gasteiger partial charge in [-0.05, 0) is 23.7 Å². The second-order valence-corrected chi connectivity index (χ2v) is 4.78. The molecule has 0 atom stereocenters. The van der Waals surface area contributed by atoms with E-state index in [2.05, 4.69) is 9.59 Å². The maximum Gasteiger partial charge on any atom is 0.358 e. The van der Waals surface area contributed by atoms with Gasteiger partial charge in [0.25, 0.3) is 5.91 Å². The fourth-order valence-corrected chi connectivity index (χ4v) is 2.58. The third kappa shape index (κ3) is 1.99. The maximum atomic E-state index is 12.5. The average molecular weight is 291 g/mol. The third-order valence-electron chi connectivity index (χ3n) is 2.86. The number of nitrogens with zero attached hydrogens (tertiary/aromatic N) is 3. The number of carboxylic acid groups (broad SMARTS) is 1. The summed E-state index contributed by atoms with van der Waals surface area (Å²) in [5, 5.41) is 12.5. The number of para-hydroxylation sites is 2. The second-order valence-electron chi connectivity index (χ2n) is 4.03. The van der Waals surface area contributed by atoms with Gasteiger partial charge in [0, 0.05) is 0 Å². The van der Waals surface area contributed by atoms with Crippen molar-refractivity contribution in [3.8, 4) is 5.75 Å². The molecule has 0 spiro atoms. The normalized spacial score (nSPS) is 13.5. The van der Waals surface area contributed by atoms with Crippen molar-refractivity contribution in [2.24, 2.45) is 0 Å². The molecule has 1 aliphatic heterocycles. The van der Waals surface area contributed by atoms with E-state index in [1.54, 1.807) is 18.2 Å². The Bertz CT molecular complexity index is 685. The van der Waals surface area contributed by atoms with Gasteiger partial charge in [-0.3, -0.25) is 4.79 Å². The molecule has 0 unspecified atom stereocenters. The van der Waals surface area contributed by atoms with E-state index in [0.717, 1.165) is 11.5 Å². The van der Waals surface area contributed by atoms with Crippen LogP contribution in [0.15, 0.2) is 24.3 Å². The molecule has 20 heavy (non-hydrogen) atoms. The average Bonchev–Trinajstić information content (AvgIpc) is 2.95. The van der Waals surface area contributed by atoms with Gasteiger partial charge in [0.05, 0.1) is 12.2 Å². The molecule has 1 aliphatic rings. The fourth-order valence-electron chi connectivity index (χ4n) is 1.97. The largest absolute Gasteiger partial charge is 0.490 e. The van der Waals surface area contributed by atoms with Crippen LogP contribution in [0.4, 0.5) is 5.69 Å². The molecule has 3 rings (SSSR count). The lowest BCUT2D eigenvalue weighted by Crippen LogP contribution is -2.38. The molecule has 1 aromatic carbocycles. The molecule has 8 heteroatoms. The van der Waals surface area contributed by atoms with Crippen LogP contribution in [0.25, 0.3) is 0 Å². The Labute approximate surface area is 117 Å². The van der Waals surface area contributed by atoms with Gasteiger partial charge in [-0.25, -0.2) is 4.79 Å². The smallest absolute Gasteiger partial charge is 0.358 e. The van der Waals surface area contributed by atoms with Gasteiger partial charge in [-0.1, -0.05) is 16.6 Å². The van der Waals surface area contributed by atoms with Crippen LogP contribution in [0, 0.1) is 0 Å². The number of fused-ring (bicyclic) bond motifs is 1. The number of hydrogen-bond acceptors (Lipinski definition) is 6. The number of rotatable bonds is 2. The van der Waals surface area contributed by atoms with E-state index >= 15 is 0 Å². The number of hydrogen-bond donors (Lipinski definition) is 1. The van der Waals surface area contributed by atoms with Crippen molar-refractivity contribution in [2.45, 2.75) is 0 Å². The number of amides is 1. The lowest BCUT2D eigenvalue weighted by molar-refractivity contribution is 0.0685. The number of carbonyl (C=O) groups excluding carboxylic acids is 1. The van der Waals surface area contributed by atoms with E-state index in [0.29, 0.717) is 24.6 Å². The topological polar surface area (TPSA) is 92.6 Å². The molecule has 0 saturated heterocycles. The Morgan fingerprint density at radius 2 is 2.15 bits per heavy atom. The minimum atomic E-state index is -1.26. The molecule has 2 aromatic rings. The Hall–Kier alpha value is -2.48. The molecule has 0 saturated carbocycles. The number of carbonyl (C=O) groups is 2. The van der Waals surface area contributed by atoms with Crippen LogP contribution < -0.4 is 9.64 Å². The number of aromatic nitrogens is 2. The zero-order valence-electron chi connectivity index (χ0n) is 10.1. The molecular formula is C12H9N3O4S. The van der Waals surface area contributed by atoms with Crippen LogP contribution in [0.2, 0.25) is 0 Å². The maximum absolute atomic E-state index is 12.5. The Morgan fingerprint density at radius 3 is 2.95 bits per heavy atom. The van der Waals surface area contributed by atoms with Crippen LogP contribution in [-0.2, 0) is 0 Å². The standard InChI is InChI=1S/C12H9N3O4S/c16-11(10-9(12(17)18)13-14-20-10)15-5-6-19-8-4-2-1-3-7(8)15/h1-4H,5-6H2,(H,17,18). The third-order valence-corrected chi connectivity index (χ3v) is 3.57. The first-order chi connectivity index (χ1) is 9.68. The van der Waals surface area contributed by atoms with Crippen molar-refractivity contribution in [1.82, 2.24) is 9.59 Å². The highest BCUT2D eigenvalue weighted by Crippen LogP contribution is 2.32. The van der Waals surface area contributed by atoms with E-state index in [1.807, 2.05) is 6.07 Å². The minimum Gasteiger partial charge on any atom is -0.490 e. The lowest BCUT2D eigenvalue weighted by Gasteiger charge is -2.28. The summed E-state index contributed by atoms with van der Waals surface area (Å²) in [6.07, 6.45) is 0. The highest BCUT2D eigenvalue weighted by Gasteiger charge is 2.30. The predicted octanol–water partition coefficient (Wildman–Crippen LogP) is 1.28. The van der Waals surface area contributed by atoms with Crippen molar-refractivity contribution in [3.05, 3.63) is 34.8 Å². The second kappa shape index (κ2) is 4.89. The predicted molar refractivity (Wildman–Crippen MR) is 70.5 cm³/mol. The van der Waals surface area contributed by atoms with Crippen molar-refractivity contribution >= 4 is 29.1 Å². The zero-order valence-corrected chi connectivity index (χ0v) is 11.0. The molecule has 0 aliphatic carbocycles. The molecule has 0 radical (unpaired) electrons. The summed E-state index contributed by atoms with van der Waals surface area (Å²) in [7, 11) is 0. The summed E-state index contributed by atoms with van der Waals surface area (Å²) in [6, 6.07) is 7.11. The molecule has 0 bridgehead atoms. The summed E-state index contributed by atoms with van der Waals surface area (Å²) < 4.78 is 9.01. The van der Waals surface area contributed by atoms with Crippen molar-refractivity contribution in [1.29, 1.82) is 0 Å². The summed E-state index contributed by atoms with van der Waals surface area (Å²) in [5.41, 5.74) is 0.303. The summed E-state index contributed by atoms with van der Waals surface area (Å²) in [6.45, 7) is 0.712. The highest BCUT2D eigenvalue weighted by molar-refractivity contribution is 7.08. The van der Waals surface area contributed by atoms with Crippen LogP contribution in [0.3, 0.4) is 0 Å². The molecule has 102 valence electrons. The van der Waals surface area contributed by atoms with Gasteiger partial charge < -0.3 is 14.7 Å².